The van der Waals surface area contributed by atoms with Crippen LogP contribution in [0.3, 0.4) is 0 Å². The van der Waals surface area contributed by atoms with E-state index in [0.29, 0.717) is 38.6 Å². The molecule has 29 heavy (non-hydrogen) atoms. The number of carbonyl (C=O) groups is 1. The number of ether oxygens (including phenoxy) is 3. The molecule has 3 rings (SSSR count). The fourth-order valence-corrected chi connectivity index (χ4v) is 2.94. The van der Waals surface area contributed by atoms with Crippen LogP contribution in [0.25, 0.3) is 17.0 Å². The topological polar surface area (TPSA) is 75.0 Å². The van der Waals surface area contributed by atoms with E-state index in [2.05, 4.69) is 0 Å². The lowest BCUT2D eigenvalue weighted by Crippen LogP contribution is -2.06. The minimum absolute atomic E-state index is 0.0928. The second kappa shape index (κ2) is 8.84. The average molecular weight is 415 g/mol. The standard InChI is InChI=1S/C22H19ClO6/c1-13-8-20-17(11-18(13)23)15(9-22(25)29-20)12-28-21(24)7-5-14-4-6-16(26-2)10-19(14)27-3/h4-11H,12H2,1-3H3/b7-5+. The Bertz CT molecular complexity index is 1150. The van der Waals surface area contributed by atoms with Crippen LogP contribution in [-0.4, -0.2) is 20.2 Å². The summed E-state index contributed by atoms with van der Waals surface area (Å²) >= 11 is 6.17. The zero-order valence-electron chi connectivity index (χ0n) is 16.2. The quantitative estimate of drug-likeness (QED) is 0.335. The molecule has 0 aliphatic heterocycles. The van der Waals surface area contributed by atoms with Crippen molar-refractivity contribution in [2.75, 3.05) is 14.2 Å². The highest BCUT2D eigenvalue weighted by Crippen LogP contribution is 2.27. The van der Waals surface area contributed by atoms with Crippen molar-refractivity contribution in [3.05, 3.63) is 74.6 Å². The number of esters is 1. The van der Waals surface area contributed by atoms with Gasteiger partial charge in [0.05, 0.1) is 14.2 Å². The van der Waals surface area contributed by atoms with Gasteiger partial charge in [0, 0.05) is 39.7 Å². The first kappa shape index (κ1) is 20.5. The summed E-state index contributed by atoms with van der Waals surface area (Å²) in [6, 6.07) is 9.90. The minimum Gasteiger partial charge on any atom is -0.497 e. The zero-order chi connectivity index (χ0) is 21.0. The first-order valence-corrected chi connectivity index (χ1v) is 9.09. The molecule has 2 aromatic carbocycles. The third kappa shape index (κ3) is 4.78. The van der Waals surface area contributed by atoms with Crippen LogP contribution in [0.15, 0.2) is 51.7 Å². The molecule has 0 spiro atoms. The highest BCUT2D eigenvalue weighted by atomic mass is 35.5. The first-order valence-electron chi connectivity index (χ1n) is 8.71. The lowest BCUT2D eigenvalue weighted by atomic mass is 10.1. The van der Waals surface area contributed by atoms with E-state index in [1.165, 1.54) is 19.3 Å². The molecule has 7 heteroatoms. The smallest absolute Gasteiger partial charge is 0.336 e. The van der Waals surface area contributed by atoms with Gasteiger partial charge < -0.3 is 18.6 Å². The predicted octanol–water partition coefficient (Wildman–Crippen LogP) is 4.53. The number of benzene rings is 2. The largest absolute Gasteiger partial charge is 0.497 e. The van der Waals surface area contributed by atoms with Crippen LogP contribution in [0.2, 0.25) is 5.02 Å². The van der Waals surface area contributed by atoms with Gasteiger partial charge in [-0.15, -0.1) is 0 Å². The van der Waals surface area contributed by atoms with Crippen LogP contribution >= 0.6 is 11.6 Å². The molecule has 0 aliphatic carbocycles. The Kier molecular flexibility index (Phi) is 6.24. The van der Waals surface area contributed by atoms with E-state index in [1.807, 2.05) is 6.92 Å². The average Bonchev–Trinajstić information content (AvgIpc) is 2.71. The van der Waals surface area contributed by atoms with Crippen LogP contribution in [0.4, 0.5) is 0 Å². The fourth-order valence-electron chi connectivity index (χ4n) is 2.78. The van der Waals surface area contributed by atoms with Crippen molar-refractivity contribution in [2.45, 2.75) is 13.5 Å². The van der Waals surface area contributed by atoms with Crippen molar-refractivity contribution in [3.8, 4) is 11.5 Å². The number of halogens is 1. The normalized spacial score (nSPS) is 11.0. The molecular formula is C22H19ClO6. The molecule has 0 atom stereocenters. The highest BCUT2D eigenvalue weighted by Gasteiger charge is 2.10. The van der Waals surface area contributed by atoms with Crippen molar-refractivity contribution >= 4 is 34.6 Å². The molecule has 0 radical (unpaired) electrons. The molecule has 0 N–H and O–H groups in total. The van der Waals surface area contributed by atoms with Gasteiger partial charge in [0.2, 0.25) is 0 Å². The van der Waals surface area contributed by atoms with Crippen molar-refractivity contribution in [1.29, 1.82) is 0 Å². The second-order valence-electron chi connectivity index (χ2n) is 6.24. The number of hydrogen-bond acceptors (Lipinski definition) is 6. The SMILES string of the molecule is COc1ccc(/C=C/C(=O)OCc2cc(=O)oc3cc(C)c(Cl)cc23)c(OC)c1. The third-order valence-electron chi connectivity index (χ3n) is 4.32. The molecule has 150 valence electrons. The zero-order valence-corrected chi connectivity index (χ0v) is 16.9. The number of methoxy groups -OCH3 is 2. The van der Waals surface area contributed by atoms with Gasteiger partial charge in [0.15, 0.2) is 0 Å². The van der Waals surface area contributed by atoms with Crippen LogP contribution < -0.4 is 15.1 Å². The van der Waals surface area contributed by atoms with E-state index in [9.17, 15) is 9.59 Å². The molecule has 0 aliphatic rings. The van der Waals surface area contributed by atoms with Gasteiger partial charge >= 0.3 is 11.6 Å². The highest BCUT2D eigenvalue weighted by molar-refractivity contribution is 6.32. The van der Waals surface area contributed by atoms with Gasteiger partial charge in [0.25, 0.3) is 0 Å². The van der Waals surface area contributed by atoms with E-state index in [4.69, 9.17) is 30.2 Å². The summed E-state index contributed by atoms with van der Waals surface area (Å²) in [5.41, 5.74) is 1.86. The van der Waals surface area contributed by atoms with Crippen LogP contribution in [-0.2, 0) is 16.1 Å². The number of aryl methyl sites for hydroxylation is 1. The van der Waals surface area contributed by atoms with Crippen molar-refractivity contribution in [1.82, 2.24) is 0 Å². The summed E-state index contributed by atoms with van der Waals surface area (Å²) in [5, 5.41) is 1.15. The monoisotopic (exact) mass is 414 g/mol. The van der Waals surface area contributed by atoms with Gasteiger partial charge in [-0.3, -0.25) is 0 Å². The molecular weight excluding hydrogens is 396 g/mol. The van der Waals surface area contributed by atoms with Gasteiger partial charge in [-0.2, -0.15) is 0 Å². The summed E-state index contributed by atoms with van der Waals surface area (Å²) in [4.78, 5) is 24.0. The molecule has 0 amide bonds. The van der Waals surface area contributed by atoms with Crippen molar-refractivity contribution in [3.63, 3.8) is 0 Å². The molecule has 0 fully saturated rings. The molecule has 0 unspecified atom stereocenters. The Morgan fingerprint density at radius 1 is 1.14 bits per heavy atom. The predicted molar refractivity (Wildman–Crippen MR) is 111 cm³/mol. The van der Waals surface area contributed by atoms with E-state index >= 15 is 0 Å². The molecule has 0 bridgehead atoms. The number of rotatable bonds is 6. The second-order valence-corrected chi connectivity index (χ2v) is 6.64. The van der Waals surface area contributed by atoms with Gasteiger partial charge in [-0.25, -0.2) is 9.59 Å². The molecule has 1 heterocycles. The summed E-state index contributed by atoms with van der Waals surface area (Å²) in [6.07, 6.45) is 2.87. The third-order valence-corrected chi connectivity index (χ3v) is 4.73. The molecule has 3 aromatic rings. The Morgan fingerprint density at radius 2 is 1.93 bits per heavy atom. The fraction of sp³-hybridized carbons (Fsp3) is 0.182. The summed E-state index contributed by atoms with van der Waals surface area (Å²) < 4.78 is 20.9. The van der Waals surface area contributed by atoms with E-state index in [0.717, 1.165) is 5.56 Å². The van der Waals surface area contributed by atoms with Gasteiger partial charge in [-0.05, 0) is 42.8 Å². The van der Waals surface area contributed by atoms with Crippen molar-refractivity contribution < 1.29 is 23.4 Å². The van der Waals surface area contributed by atoms with Crippen molar-refractivity contribution in [2.24, 2.45) is 0 Å². The molecule has 0 saturated heterocycles. The minimum atomic E-state index is -0.567. The van der Waals surface area contributed by atoms with Crippen LogP contribution in [0, 0.1) is 6.92 Å². The summed E-state index contributed by atoms with van der Waals surface area (Å²) in [5.74, 6) is 0.637. The Hall–Kier alpha value is -3.25. The lowest BCUT2D eigenvalue weighted by Gasteiger charge is -2.08. The maximum Gasteiger partial charge on any atom is 0.336 e. The molecule has 1 aromatic heterocycles. The number of fused-ring (bicyclic) bond motifs is 1. The number of hydrogen-bond donors (Lipinski definition) is 0. The molecule has 6 nitrogen and oxygen atoms in total. The first-order chi connectivity index (χ1) is 13.9. The Balaban J connectivity index is 1.77. The van der Waals surface area contributed by atoms with E-state index in [1.54, 1.807) is 43.5 Å². The Morgan fingerprint density at radius 3 is 2.66 bits per heavy atom. The maximum absolute atomic E-state index is 12.2. The van der Waals surface area contributed by atoms with Gasteiger partial charge in [0.1, 0.15) is 23.7 Å². The summed E-state index contributed by atoms with van der Waals surface area (Å²) in [6.45, 7) is 1.72. The maximum atomic E-state index is 12.2. The van der Waals surface area contributed by atoms with Crippen LogP contribution in [0.1, 0.15) is 16.7 Å². The van der Waals surface area contributed by atoms with E-state index < -0.39 is 11.6 Å². The molecule has 0 saturated carbocycles. The van der Waals surface area contributed by atoms with E-state index in [-0.39, 0.29) is 6.61 Å². The number of carbonyl (C=O) groups excluding carboxylic acids is 1. The lowest BCUT2D eigenvalue weighted by molar-refractivity contribution is -0.138. The Labute approximate surface area is 172 Å². The van der Waals surface area contributed by atoms with Crippen LogP contribution in [0.5, 0.6) is 11.5 Å². The van der Waals surface area contributed by atoms with Gasteiger partial charge in [-0.1, -0.05) is 11.6 Å². The summed E-state index contributed by atoms with van der Waals surface area (Å²) in [7, 11) is 3.09.